The molecule has 0 aliphatic heterocycles. The molecule has 0 amide bonds. The minimum Gasteiger partial charge on any atom is -0.748 e. The third kappa shape index (κ3) is 22.1. The molecule has 0 aromatic carbocycles. The Morgan fingerprint density at radius 2 is 0.967 bits per heavy atom. The third-order valence-electron chi connectivity index (χ3n) is 6.07. The summed E-state index contributed by atoms with van der Waals surface area (Å²) in [5.74, 6) is 0. The topological polar surface area (TPSA) is 77.4 Å². The smallest absolute Gasteiger partial charge is 0.748 e. The molecule has 4 nitrogen and oxygen atoms in total. The molecule has 30 heavy (non-hydrogen) atoms. The molecule has 0 radical (unpaired) electrons. The van der Waals surface area contributed by atoms with Crippen molar-refractivity contribution in [3.8, 4) is 0 Å². The molecule has 0 aromatic rings. The van der Waals surface area contributed by atoms with E-state index in [2.05, 4.69) is 6.92 Å². The molecular formula is C24H49NaO4S. The van der Waals surface area contributed by atoms with E-state index in [-0.39, 0.29) is 35.7 Å². The van der Waals surface area contributed by atoms with Gasteiger partial charge in [-0.25, -0.2) is 8.42 Å². The van der Waals surface area contributed by atoms with Gasteiger partial charge in [0.1, 0.15) is 0 Å². The van der Waals surface area contributed by atoms with Gasteiger partial charge in [-0.05, 0) is 25.7 Å². The zero-order valence-corrected chi connectivity index (χ0v) is 23.2. The molecule has 1 N–H and O–H groups in total. The molecule has 0 saturated carbocycles. The van der Waals surface area contributed by atoms with Crippen molar-refractivity contribution in [1.82, 2.24) is 0 Å². The first-order valence-electron chi connectivity index (χ1n) is 12.5. The zero-order chi connectivity index (χ0) is 21.8. The van der Waals surface area contributed by atoms with Gasteiger partial charge < -0.3 is 9.66 Å². The molecule has 6 heteroatoms. The number of rotatable bonds is 22. The van der Waals surface area contributed by atoms with Gasteiger partial charge in [0.15, 0.2) is 0 Å². The first-order chi connectivity index (χ1) is 13.9. The van der Waals surface area contributed by atoms with Crippen molar-refractivity contribution in [3.05, 3.63) is 0 Å². The van der Waals surface area contributed by atoms with Crippen molar-refractivity contribution in [2.75, 3.05) is 0 Å². The molecule has 2 unspecified atom stereocenters. The van der Waals surface area contributed by atoms with Gasteiger partial charge in [-0.1, -0.05) is 117 Å². The van der Waals surface area contributed by atoms with Gasteiger partial charge in [0.05, 0.1) is 16.2 Å². The van der Waals surface area contributed by atoms with E-state index in [1.54, 1.807) is 6.92 Å². The fraction of sp³-hybridized carbons (Fsp3) is 1.00. The summed E-state index contributed by atoms with van der Waals surface area (Å²) in [5.41, 5.74) is 0. The van der Waals surface area contributed by atoms with E-state index in [9.17, 15) is 18.1 Å². The summed E-state index contributed by atoms with van der Waals surface area (Å²) < 4.78 is 33.1. The van der Waals surface area contributed by atoms with Crippen LogP contribution in [-0.2, 0) is 10.1 Å². The van der Waals surface area contributed by atoms with E-state index in [1.165, 1.54) is 64.2 Å². The summed E-state index contributed by atoms with van der Waals surface area (Å²) in [5, 5.41) is 9.39. The summed E-state index contributed by atoms with van der Waals surface area (Å²) in [6, 6.07) is 0. The first-order valence-corrected chi connectivity index (χ1v) is 14.0. The Morgan fingerprint density at radius 1 is 0.633 bits per heavy atom. The van der Waals surface area contributed by atoms with E-state index in [0.717, 1.165) is 51.4 Å². The maximum absolute atomic E-state index is 11.0. The molecule has 0 rings (SSSR count). The predicted molar refractivity (Wildman–Crippen MR) is 123 cm³/mol. The Morgan fingerprint density at radius 3 is 1.30 bits per heavy atom. The SMILES string of the molecule is CCCCCCCCCCCC(O)CCCCCCCCCC(CC)S(=O)(=O)[O-].[Na+]. The molecule has 0 bridgehead atoms. The van der Waals surface area contributed by atoms with E-state index < -0.39 is 15.4 Å². The zero-order valence-electron chi connectivity index (χ0n) is 20.4. The first kappa shape index (κ1) is 33.0. The van der Waals surface area contributed by atoms with Crippen LogP contribution >= 0.6 is 0 Å². The Balaban J connectivity index is 0. The van der Waals surface area contributed by atoms with Gasteiger partial charge in [0, 0.05) is 5.25 Å². The van der Waals surface area contributed by atoms with E-state index in [4.69, 9.17) is 0 Å². The summed E-state index contributed by atoms with van der Waals surface area (Å²) in [4.78, 5) is 0. The van der Waals surface area contributed by atoms with Crippen LogP contribution in [0.2, 0.25) is 0 Å². The van der Waals surface area contributed by atoms with Crippen molar-refractivity contribution in [1.29, 1.82) is 0 Å². The van der Waals surface area contributed by atoms with Gasteiger partial charge in [0.25, 0.3) is 0 Å². The molecule has 2 atom stereocenters. The van der Waals surface area contributed by atoms with E-state index in [1.807, 2.05) is 0 Å². The van der Waals surface area contributed by atoms with E-state index >= 15 is 0 Å². The quantitative estimate of drug-likeness (QED) is 0.151. The molecule has 0 spiro atoms. The fourth-order valence-corrected chi connectivity index (χ4v) is 4.89. The molecule has 176 valence electrons. The summed E-state index contributed by atoms with van der Waals surface area (Å²) >= 11 is 0. The number of unbranched alkanes of at least 4 members (excludes halogenated alkanes) is 14. The molecule has 0 aromatic heterocycles. The number of aliphatic hydroxyl groups excluding tert-OH is 1. The third-order valence-corrected chi connectivity index (χ3v) is 7.45. The molecular weight excluding hydrogens is 407 g/mol. The van der Waals surface area contributed by atoms with Crippen LogP contribution in [0, 0.1) is 0 Å². The summed E-state index contributed by atoms with van der Waals surface area (Å²) in [6.07, 6.45) is 22.2. The van der Waals surface area contributed by atoms with E-state index in [0.29, 0.717) is 12.8 Å². The Bertz CT molecular complexity index is 442. The van der Waals surface area contributed by atoms with Gasteiger partial charge in [-0.15, -0.1) is 0 Å². The number of hydrogen-bond donors (Lipinski definition) is 1. The van der Waals surface area contributed by atoms with Gasteiger partial charge >= 0.3 is 29.6 Å². The second-order valence-corrected chi connectivity index (χ2v) is 10.5. The van der Waals surface area contributed by atoms with Crippen LogP contribution in [0.15, 0.2) is 0 Å². The summed E-state index contributed by atoms with van der Waals surface area (Å²) in [7, 11) is -4.12. The van der Waals surface area contributed by atoms with Crippen LogP contribution < -0.4 is 29.6 Å². The van der Waals surface area contributed by atoms with Crippen LogP contribution in [0.5, 0.6) is 0 Å². The molecule has 0 aliphatic carbocycles. The Labute approximate surface area is 210 Å². The van der Waals surface area contributed by atoms with Crippen molar-refractivity contribution in [3.63, 3.8) is 0 Å². The monoisotopic (exact) mass is 456 g/mol. The predicted octanol–water partition coefficient (Wildman–Crippen LogP) is 4.11. The minimum atomic E-state index is -4.12. The van der Waals surface area contributed by atoms with Gasteiger partial charge in [-0.3, -0.25) is 0 Å². The van der Waals surface area contributed by atoms with Crippen molar-refractivity contribution < 1.29 is 47.6 Å². The normalized spacial score (nSPS) is 13.7. The molecule has 0 aliphatic rings. The standard InChI is InChI=1S/C24H50O4S.Na/c1-3-5-6-7-8-9-11-14-17-20-23(25)21-18-15-12-10-13-16-19-22-24(4-2)29(26,27)28;/h23-25H,3-22H2,1-2H3,(H,26,27,28);/q;+1/p-1. The van der Waals surface area contributed by atoms with Crippen molar-refractivity contribution in [2.24, 2.45) is 0 Å². The maximum atomic E-state index is 11.0. The number of hydrogen-bond acceptors (Lipinski definition) is 4. The summed E-state index contributed by atoms with van der Waals surface area (Å²) in [6.45, 7) is 4.02. The second kappa shape index (κ2) is 23.0. The van der Waals surface area contributed by atoms with Crippen LogP contribution in [0.4, 0.5) is 0 Å². The second-order valence-electron chi connectivity index (χ2n) is 8.85. The van der Waals surface area contributed by atoms with Crippen molar-refractivity contribution in [2.45, 2.75) is 154 Å². The van der Waals surface area contributed by atoms with Gasteiger partial charge in [-0.2, -0.15) is 0 Å². The van der Waals surface area contributed by atoms with Crippen LogP contribution in [-0.4, -0.2) is 29.4 Å². The Hall–Kier alpha value is 0.870. The average molecular weight is 457 g/mol. The van der Waals surface area contributed by atoms with Crippen LogP contribution in [0.1, 0.15) is 142 Å². The molecule has 0 heterocycles. The fourth-order valence-electron chi connectivity index (χ4n) is 4.02. The maximum Gasteiger partial charge on any atom is 1.00 e. The largest absolute Gasteiger partial charge is 1.00 e. The van der Waals surface area contributed by atoms with Crippen LogP contribution in [0.3, 0.4) is 0 Å². The number of aliphatic hydroxyl groups is 1. The average Bonchev–Trinajstić information content (AvgIpc) is 2.67. The molecule has 0 saturated heterocycles. The van der Waals surface area contributed by atoms with Gasteiger partial charge in [0.2, 0.25) is 0 Å². The minimum absolute atomic E-state index is 0. The molecule has 0 fully saturated rings. The van der Waals surface area contributed by atoms with Crippen molar-refractivity contribution >= 4 is 10.1 Å². The van der Waals surface area contributed by atoms with Crippen LogP contribution in [0.25, 0.3) is 0 Å². The Kier molecular flexibility index (Phi) is 25.4.